The molecule has 8 heteroatoms. The second-order valence-electron chi connectivity index (χ2n) is 5.25. The molecule has 2 N–H and O–H groups in total. The summed E-state index contributed by atoms with van der Waals surface area (Å²) in [6, 6.07) is 5.84. The number of carbonyl (C=O) groups excluding carboxylic acids is 1. The van der Waals surface area contributed by atoms with E-state index in [-0.39, 0.29) is 36.6 Å². The Morgan fingerprint density at radius 3 is 2.78 bits per heavy atom. The molecule has 0 spiro atoms. The number of nitrogens with zero attached hydrogens (tertiary/aromatic N) is 3. The summed E-state index contributed by atoms with van der Waals surface area (Å²) in [7, 11) is 0. The first kappa shape index (κ1) is 19.4. The van der Waals surface area contributed by atoms with Crippen LogP contribution in [0.1, 0.15) is 12.0 Å². The lowest BCUT2D eigenvalue weighted by molar-refractivity contribution is -0.119. The molecule has 23 heavy (non-hydrogen) atoms. The minimum absolute atomic E-state index is 0. The van der Waals surface area contributed by atoms with Gasteiger partial charge in [0.25, 0.3) is 0 Å². The van der Waals surface area contributed by atoms with Gasteiger partial charge in [-0.1, -0.05) is 0 Å². The molecule has 3 heterocycles. The van der Waals surface area contributed by atoms with Crippen LogP contribution < -0.4 is 10.6 Å². The molecule has 0 aromatic carbocycles. The maximum absolute atomic E-state index is 12.0. The maximum atomic E-state index is 12.0. The molecule has 6 nitrogen and oxygen atoms in total. The molecule has 1 atom stereocenters. The van der Waals surface area contributed by atoms with Crippen molar-refractivity contribution in [1.29, 1.82) is 0 Å². The Morgan fingerprint density at radius 1 is 1.30 bits per heavy atom. The van der Waals surface area contributed by atoms with E-state index in [4.69, 9.17) is 0 Å². The van der Waals surface area contributed by atoms with E-state index in [1.807, 2.05) is 29.1 Å². The van der Waals surface area contributed by atoms with E-state index in [2.05, 4.69) is 20.7 Å². The zero-order valence-corrected chi connectivity index (χ0v) is 14.3. The summed E-state index contributed by atoms with van der Waals surface area (Å²) in [6.07, 6.45) is 7.27. The molecule has 1 aliphatic rings. The fourth-order valence-electron chi connectivity index (χ4n) is 2.45. The fraction of sp³-hybridized carbons (Fsp3) is 0.400. The van der Waals surface area contributed by atoms with Gasteiger partial charge in [0.2, 0.25) is 5.91 Å². The topological polar surface area (TPSA) is 71.8 Å². The monoisotopic (exact) mass is 357 g/mol. The number of rotatable bonds is 5. The first-order valence-corrected chi connectivity index (χ1v) is 7.25. The summed E-state index contributed by atoms with van der Waals surface area (Å²) in [4.78, 5) is 16.0. The highest BCUT2D eigenvalue weighted by Gasteiger charge is 2.22. The van der Waals surface area contributed by atoms with Gasteiger partial charge in [-0.15, -0.1) is 24.8 Å². The van der Waals surface area contributed by atoms with Crippen molar-refractivity contribution in [3.63, 3.8) is 0 Å². The van der Waals surface area contributed by atoms with E-state index in [0.717, 1.165) is 32.5 Å². The van der Waals surface area contributed by atoms with E-state index in [0.29, 0.717) is 5.82 Å². The van der Waals surface area contributed by atoms with Gasteiger partial charge in [-0.25, -0.2) is 0 Å². The smallest absolute Gasteiger partial charge is 0.230 e. The number of amides is 1. The minimum Gasteiger partial charge on any atom is -0.316 e. The zero-order valence-electron chi connectivity index (χ0n) is 12.6. The van der Waals surface area contributed by atoms with Gasteiger partial charge in [0.15, 0.2) is 5.82 Å². The Labute approximate surface area is 147 Å². The average Bonchev–Trinajstić information content (AvgIpc) is 3.18. The van der Waals surface area contributed by atoms with Crippen LogP contribution in [-0.2, 0) is 17.8 Å². The molecule has 1 fully saturated rings. The Bertz CT molecular complexity index is 599. The number of anilines is 1. The van der Waals surface area contributed by atoms with Crippen LogP contribution in [0, 0.1) is 5.92 Å². The van der Waals surface area contributed by atoms with Crippen molar-refractivity contribution in [3.8, 4) is 0 Å². The molecule has 3 rings (SSSR count). The van der Waals surface area contributed by atoms with Crippen LogP contribution in [-0.4, -0.2) is 33.8 Å². The normalized spacial score (nSPS) is 16.3. The molecule has 0 aliphatic carbocycles. The molecule has 1 aliphatic heterocycles. The predicted octanol–water partition coefficient (Wildman–Crippen LogP) is 1.91. The minimum atomic E-state index is 0. The summed E-state index contributed by atoms with van der Waals surface area (Å²) in [6.45, 7) is 2.46. The van der Waals surface area contributed by atoms with Crippen LogP contribution in [0.15, 0.2) is 36.8 Å². The van der Waals surface area contributed by atoms with Crippen molar-refractivity contribution in [2.24, 2.45) is 5.92 Å². The van der Waals surface area contributed by atoms with Gasteiger partial charge in [-0.2, -0.15) is 5.10 Å². The third-order valence-electron chi connectivity index (χ3n) is 3.70. The lowest BCUT2D eigenvalue weighted by atomic mass is 10.1. The molecule has 2 aromatic rings. The molecule has 0 radical (unpaired) electrons. The van der Waals surface area contributed by atoms with E-state index >= 15 is 0 Å². The van der Waals surface area contributed by atoms with Gasteiger partial charge >= 0.3 is 0 Å². The lowest BCUT2D eigenvalue weighted by Gasteiger charge is -2.07. The van der Waals surface area contributed by atoms with Gasteiger partial charge in [0.05, 0.1) is 5.92 Å². The molecule has 1 saturated heterocycles. The van der Waals surface area contributed by atoms with Crippen molar-refractivity contribution in [2.75, 3.05) is 18.4 Å². The second-order valence-corrected chi connectivity index (χ2v) is 5.25. The lowest BCUT2D eigenvalue weighted by Crippen LogP contribution is -2.24. The first-order valence-electron chi connectivity index (χ1n) is 7.25. The summed E-state index contributed by atoms with van der Waals surface area (Å²) in [5, 5.41) is 10.5. The van der Waals surface area contributed by atoms with Crippen LogP contribution in [0.25, 0.3) is 0 Å². The van der Waals surface area contributed by atoms with Crippen molar-refractivity contribution in [2.45, 2.75) is 19.4 Å². The Hall–Kier alpha value is -1.63. The van der Waals surface area contributed by atoms with Crippen LogP contribution in [0.3, 0.4) is 0 Å². The Morgan fingerprint density at radius 2 is 2.09 bits per heavy atom. The van der Waals surface area contributed by atoms with Crippen LogP contribution >= 0.6 is 24.8 Å². The number of aryl methyl sites for hydroxylation is 2. The van der Waals surface area contributed by atoms with Crippen LogP contribution in [0.4, 0.5) is 5.82 Å². The van der Waals surface area contributed by atoms with Crippen LogP contribution in [0.5, 0.6) is 0 Å². The van der Waals surface area contributed by atoms with E-state index in [9.17, 15) is 4.79 Å². The van der Waals surface area contributed by atoms with E-state index in [1.54, 1.807) is 12.4 Å². The third-order valence-corrected chi connectivity index (χ3v) is 3.70. The highest BCUT2D eigenvalue weighted by molar-refractivity contribution is 5.91. The average molecular weight is 358 g/mol. The number of hydrogen-bond donors (Lipinski definition) is 2. The van der Waals surface area contributed by atoms with E-state index in [1.165, 1.54) is 5.56 Å². The molecule has 1 unspecified atom stereocenters. The number of pyridine rings is 1. The van der Waals surface area contributed by atoms with Crippen LogP contribution in [0.2, 0.25) is 0 Å². The quantitative estimate of drug-likeness (QED) is 0.857. The number of halogens is 2. The number of carbonyl (C=O) groups is 1. The highest BCUT2D eigenvalue weighted by atomic mass is 35.5. The van der Waals surface area contributed by atoms with E-state index < -0.39 is 0 Å². The summed E-state index contributed by atoms with van der Waals surface area (Å²) in [5.74, 6) is 0.744. The Balaban J connectivity index is 0.00000132. The van der Waals surface area contributed by atoms with Gasteiger partial charge in [-0.3, -0.25) is 14.5 Å². The molecule has 0 bridgehead atoms. The molecule has 1 amide bonds. The number of hydrogen-bond acceptors (Lipinski definition) is 4. The molecule has 2 aromatic heterocycles. The molecule has 126 valence electrons. The summed E-state index contributed by atoms with van der Waals surface area (Å²) >= 11 is 0. The molecular weight excluding hydrogens is 337 g/mol. The number of aromatic nitrogens is 3. The van der Waals surface area contributed by atoms with Crippen molar-refractivity contribution < 1.29 is 4.79 Å². The third kappa shape index (κ3) is 5.49. The molecular formula is C15H21Cl2N5O. The highest BCUT2D eigenvalue weighted by Crippen LogP contribution is 2.11. The second kappa shape index (κ2) is 9.50. The first-order chi connectivity index (χ1) is 10.3. The summed E-state index contributed by atoms with van der Waals surface area (Å²) < 4.78 is 1.85. The van der Waals surface area contributed by atoms with Crippen molar-refractivity contribution in [1.82, 2.24) is 20.1 Å². The standard InChI is InChI=1S/C15H19N5O.2ClH/c21-15(13-3-8-17-11-13)18-14-5-10-20(19-14)9-4-12-1-6-16-7-2-12;;/h1-2,5-7,10,13,17H,3-4,8-9,11H2,(H,18,19,21);2*1H. The van der Waals surface area contributed by atoms with Crippen molar-refractivity contribution in [3.05, 3.63) is 42.4 Å². The fourth-order valence-corrected chi connectivity index (χ4v) is 2.45. The maximum Gasteiger partial charge on any atom is 0.230 e. The largest absolute Gasteiger partial charge is 0.316 e. The zero-order chi connectivity index (χ0) is 14.5. The van der Waals surface area contributed by atoms with Gasteiger partial charge in [-0.05, 0) is 37.1 Å². The SMILES string of the molecule is Cl.Cl.O=C(Nc1ccn(CCc2ccncc2)n1)C1CCNC1. The predicted molar refractivity (Wildman–Crippen MR) is 94.3 cm³/mol. The van der Waals surface area contributed by atoms with Crippen molar-refractivity contribution >= 4 is 36.5 Å². The Kier molecular flexibility index (Phi) is 8.02. The number of nitrogens with one attached hydrogen (secondary N) is 2. The van der Waals surface area contributed by atoms with Gasteiger partial charge in [0.1, 0.15) is 0 Å². The molecule has 0 saturated carbocycles. The van der Waals surface area contributed by atoms with Gasteiger partial charge < -0.3 is 10.6 Å². The van der Waals surface area contributed by atoms with Gasteiger partial charge in [0, 0.05) is 37.7 Å². The summed E-state index contributed by atoms with van der Waals surface area (Å²) in [5.41, 5.74) is 1.23.